The lowest BCUT2D eigenvalue weighted by molar-refractivity contribution is 0.209. The second-order valence-corrected chi connectivity index (χ2v) is 7.13. The van der Waals surface area contributed by atoms with Crippen molar-refractivity contribution < 1.29 is 0 Å². The monoisotopic (exact) mass is 274 g/mol. The Kier molecular flexibility index (Phi) is 5.47. The summed E-state index contributed by atoms with van der Waals surface area (Å²) < 4.78 is 0. The molecular formula is C18H30N2. The van der Waals surface area contributed by atoms with Gasteiger partial charge < -0.3 is 10.2 Å². The van der Waals surface area contributed by atoms with Crippen LogP contribution in [0, 0.1) is 11.3 Å². The highest BCUT2D eigenvalue weighted by molar-refractivity contribution is 5.42. The number of anilines is 1. The van der Waals surface area contributed by atoms with E-state index < -0.39 is 0 Å². The molecule has 0 amide bonds. The second kappa shape index (κ2) is 7.12. The molecule has 2 nitrogen and oxygen atoms in total. The molecule has 0 saturated carbocycles. The van der Waals surface area contributed by atoms with Gasteiger partial charge in [0, 0.05) is 18.8 Å². The van der Waals surface area contributed by atoms with Gasteiger partial charge in [-0.1, -0.05) is 39.0 Å². The molecule has 2 rings (SSSR count). The van der Waals surface area contributed by atoms with Gasteiger partial charge in [0.05, 0.1) is 0 Å². The van der Waals surface area contributed by atoms with Crippen molar-refractivity contribution in [3.63, 3.8) is 0 Å². The van der Waals surface area contributed by atoms with E-state index in [-0.39, 0.29) is 0 Å². The molecule has 0 aliphatic carbocycles. The van der Waals surface area contributed by atoms with E-state index in [9.17, 15) is 0 Å². The Morgan fingerprint density at radius 2 is 1.85 bits per heavy atom. The number of hydrogen-bond acceptors (Lipinski definition) is 2. The van der Waals surface area contributed by atoms with Gasteiger partial charge in [0.25, 0.3) is 0 Å². The van der Waals surface area contributed by atoms with Crippen LogP contribution in [0.5, 0.6) is 0 Å². The number of para-hydroxylation sites is 1. The van der Waals surface area contributed by atoms with E-state index in [4.69, 9.17) is 0 Å². The molecule has 1 unspecified atom stereocenters. The number of likely N-dealkylation sites (tertiary alicyclic amines) is 1. The first-order valence-corrected chi connectivity index (χ1v) is 8.07. The van der Waals surface area contributed by atoms with Crippen molar-refractivity contribution in [2.75, 3.05) is 31.5 Å². The minimum Gasteiger partial charge on any atom is -0.384 e. The molecule has 112 valence electrons. The summed E-state index contributed by atoms with van der Waals surface area (Å²) in [6, 6.07) is 10.5. The van der Waals surface area contributed by atoms with Crippen molar-refractivity contribution in [2.45, 2.75) is 40.0 Å². The van der Waals surface area contributed by atoms with Gasteiger partial charge in [-0.05, 0) is 55.8 Å². The Balaban J connectivity index is 1.72. The normalized spacial score (nSPS) is 21.4. The van der Waals surface area contributed by atoms with Gasteiger partial charge in [0.1, 0.15) is 0 Å². The third-order valence-electron chi connectivity index (χ3n) is 4.58. The molecule has 1 aliphatic rings. The summed E-state index contributed by atoms with van der Waals surface area (Å²) >= 11 is 0. The fourth-order valence-corrected chi connectivity index (χ4v) is 3.16. The number of nitrogens with one attached hydrogen (secondary N) is 1. The summed E-state index contributed by atoms with van der Waals surface area (Å²) in [4.78, 5) is 2.63. The molecule has 1 N–H and O–H groups in total. The van der Waals surface area contributed by atoms with Gasteiger partial charge in [-0.15, -0.1) is 0 Å². The zero-order valence-electron chi connectivity index (χ0n) is 13.4. The standard InChI is InChI=1S/C18H30N2/c1-18(2,3)16-8-7-13-20(14-11-16)15-12-19-17-9-5-4-6-10-17/h4-6,9-10,16,19H,7-8,11-15H2,1-3H3. The lowest BCUT2D eigenvalue weighted by atomic mass is 9.77. The van der Waals surface area contributed by atoms with Gasteiger partial charge in [0.2, 0.25) is 0 Å². The largest absolute Gasteiger partial charge is 0.384 e. The molecule has 0 aromatic heterocycles. The van der Waals surface area contributed by atoms with Crippen LogP contribution >= 0.6 is 0 Å². The quantitative estimate of drug-likeness (QED) is 0.883. The average Bonchev–Trinajstić information content (AvgIpc) is 2.65. The number of benzene rings is 1. The van der Waals surface area contributed by atoms with E-state index in [0.29, 0.717) is 5.41 Å². The van der Waals surface area contributed by atoms with Gasteiger partial charge in [0.15, 0.2) is 0 Å². The van der Waals surface area contributed by atoms with Gasteiger partial charge in [-0.2, -0.15) is 0 Å². The van der Waals surface area contributed by atoms with Crippen LogP contribution in [0.1, 0.15) is 40.0 Å². The van der Waals surface area contributed by atoms with Crippen molar-refractivity contribution in [1.82, 2.24) is 4.90 Å². The molecule has 20 heavy (non-hydrogen) atoms. The van der Waals surface area contributed by atoms with Crippen LogP contribution < -0.4 is 5.32 Å². The van der Waals surface area contributed by atoms with E-state index >= 15 is 0 Å². The molecule has 1 atom stereocenters. The first-order valence-electron chi connectivity index (χ1n) is 8.07. The highest BCUT2D eigenvalue weighted by atomic mass is 15.1. The molecule has 1 saturated heterocycles. The summed E-state index contributed by atoms with van der Waals surface area (Å²) in [5.41, 5.74) is 1.70. The summed E-state index contributed by atoms with van der Waals surface area (Å²) in [5.74, 6) is 0.884. The Morgan fingerprint density at radius 3 is 2.55 bits per heavy atom. The first kappa shape index (κ1) is 15.4. The molecule has 1 aromatic rings. The van der Waals surface area contributed by atoms with Crippen molar-refractivity contribution >= 4 is 5.69 Å². The summed E-state index contributed by atoms with van der Waals surface area (Å²) in [6.45, 7) is 11.9. The van der Waals surface area contributed by atoms with Gasteiger partial charge in [-0.3, -0.25) is 0 Å². The maximum absolute atomic E-state index is 3.51. The predicted octanol–water partition coefficient (Wildman–Crippen LogP) is 4.25. The van der Waals surface area contributed by atoms with E-state index in [0.717, 1.165) is 19.0 Å². The SMILES string of the molecule is CC(C)(C)C1CCCN(CCNc2ccccc2)CC1. The molecule has 0 radical (unpaired) electrons. The average molecular weight is 274 g/mol. The predicted molar refractivity (Wildman–Crippen MR) is 88.2 cm³/mol. The van der Waals surface area contributed by atoms with Gasteiger partial charge in [-0.25, -0.2) is 0 Å². The summed E-state index contributed by atoms with van der Waals surface area (Å²) in [7, 11) is 0. The van der Waals surface area contributed by atoms with Crippen LogP contribution in [-0.2, 0) is 0 Å². The Bertz CT molecular complexity index is 380. The maximum atomic E-state index is 3.51. The summed E-state index contributed by atoms with van der Waals surface area (Å²) in [6.07, 6.45) is 4.11. The van der Waals surface area contributed by atoms with Crippen LogP contribution in [0.15, 0.2) is 30.3 Å². The molecule has 1 aliphatic heterocycles. The molecule has 2 heteroatoms. The van der Waals surface area contributed by atoms with E-state index in [1.807, 2.05) is 0 Å². The number of rotatable bonds is 4. The zero-order valence-corrected chi connectivity index (χ0v) is 13.4. The van der Waals surface area contributed by atoms with Crippen molar-refractivity contribution in [3.05, 3.63) is 30.3 Å². The second-order valence-electron chi connectivity index (χ2n) is 7.13. The minimum absolute atomic E-state index is 0.471. The van der Waals surface area contributed by atoms with Crippen LogP contribution in [-0.4, -0.2) is 31.1 Å². The molecule has 1 heterocycles. The third kappa shape index (κ3) is 4.82. The first-order chi connectivity index (χ1) is 9.55. The maximum Gasteiger partial charge on any atom is 0.0340 e. The van der Waals surface area contributed by atoms with Crippen LogP contribution in [0.25, 0.3) is 0 Å². The zero-order chi connectivity index (χ0) is 14.4. The fraction of sp³-hybridized carbons (Fsp3) is 0.667. The highest BCUT2D eigenvalue weighted by Crippen LogP contribution is 2.34. The topological polar surface area (TPSA) is 15.3 Å². The van der Waals surface area contributed by atoms with Crippen LogP contribution in [0.3, 0.4) is 0 Å². The Labute approximate surface area is 124 Å². The lowest BCUT2D eigenvalue weighted by Gasteiger charge is -2.29. The van der Waals surface area contributed by atoms with E-state index in [1.54, 1.807) is 0 Å². The Morgan fingerprint density at radius 1 is 1.10 bits per heavy atom. The van der Waals surface area contributed by atoms with Crippen LogP contribution in [0.4, 0.5) is 5.69 Å². The lowest BCUT2D eigenvalue weighted by Crippen LogP contribution is -2.30. The Hall–Kier alpha value is -1.02. The van der Waals surface area contributed by atoms with Crippen molar-refractivity contribution in [1.29, 1.82) is 0 Å². The molecular weight excluding hydrogens is 244 g/mol. The molecule has 0 spiro atoms. The smallest absolute Gasteiger partial charge is 0.0340 e. The number of hydrogen-bond donors (Lipinski definition) is 1. The van der Waals surface area contributed by atoms with Crippen LogP contribution in [0.2, 0.25) is 0 Å². The molecule has 1 aromatic carbocycles. The van der Waals surface area contributed by atoms with E-state index in [2.05, 4.69) is 61.3 Å². The summed E-state index contributed by atoms with van der Waals surface area (Å²) in [5, 5.41) is 3.51. The molecule has 1 fully saturated rings. The molecule has 0 bridgehead atoms. The van der Waals surface area contributed by atoms with Crippen molar-refractivity contribution in [2.24, 2.45) is 11.3 Å². The minimum atomic E-state index is 0.471. The number of nitrogens with zero attached hydrogens (tertiary/aromatic N) is 1. The van der Waals surface area contributed by atoms with Gasteiger partial charge >= 0.3 is 0 Å². The third-order valence-corrected chi connectivity index (χ3v) is 4.58. The van der Waals surface area contributed by atoms with E-state index in [1.165, 1.54) is 38.0 Å². The van der Waals surface area contributed by atoms with Crippen molar-refractivity contribution in [3.8, 4) is 0 Å². The highest BCUT2D eigenvalue weighted by Gasteiger charge is 2.26. The fourth-order valence-electron chi connectivity index (χ4n) is 3.16.